The van der Waals surface area contributed by atoms with Crippen LogP contribution in [0.1, 0.15) is 20.8 Å². The summed E-state index contributed by atoms with van der Waals surface area (Å²) in [5, 5.41) is 1.62. The van der Waals surface area contributed by atoms with E-state index < -0.39 is 14.8 Å². The largest absolute Gasteiger partial charge is 0.537 e. The van der Waals surface area contributed by atoms with Gasteiger partial charge in [0.05, 0.1) is 0 Å². The summed E-state index contributed by atoms with van der Waals surface area (Å²) in [6.45, 7) is 7.32. The number of benzene rings is 1. The molecule has 0 saturated heterocycles. The van der Waals surface area contributed by atoms with Gasteiger partial charge in [0, 0.05) is 25.0 Å². The molecule has 1 rings (SSSR count). The van der Waals surface area contributed by atoms with Gasteiger partial charge in [-0.25, -0.2) is 0 Å². The molecule has 0 aliphatic rings. The molecule has 0 spiro atoms. The summed E-state index contributed by atoms with van der Waals surface area (Å²) < 4.78 is 17.5. The molecule has 20 heavy (non-hydrogen) atoms. The Kier molecular flexibility index (Phi) is 7.52. The van der Waals surface area contributed by atoms with Crippen molar-refractivity contribution in [3.63, 3.8) is 0 Å². The van der Waals surface area contributed by atoms with E-state index in [1.165, 1.54) is 0 Å². The van der Waals surface area contributed by atoms with Crippen molar-refractivity contribution in [2.24, 2.45) is 0 Å². The molecule has 1 aromatic rings. The molecule has 0 radical (unpaired) electrons. The average Bonchev–Trinajstić information content (AvgIpc) is 2.38. The predicted molar refractivity (Wildman–Crippen MR) is 89.7 cm³/mol. The average molecular weight is 374 g/mol. The van der Waals surface area contributed by atoms with E-state index in [4.69, 9.17) is 46.5 Å². The van der Waals surface area contributed by atoms with Gasteiger partial charge in [0.25, 0.3) is 0 Å². The Morgan fingerprint density at radius 3 is 1.40 bits per heavy atom. The molecular formula is C12H19Cl3O3Si2. The van der Waals surface area contributed by atoms with Crippen LogP contribution < -0.4 is 10.4 Å². The van der Waals surface area contributed by atoms with Crippen LogP contribution in [0.25, 0.3) is 0 Å². The first kappa shape index (κ1) is 18.5. The van der Waals surface area contributed by atoms with Gasteiger partial charge in [-0.15, -0.1) is 33.2 Å². The quantitative estimate of drug-likeness (QED) is 0.518. The highest BCUT2D eigenvalue weighted by Gasteiger charge is 2.43. The Balaban J connectivity index is 3.13. The third-order valence-electron chi connectivity index (χ3n) is 2.57. The highest BCUT2D eigenvalue weighted by atomic mass is 35.8. The monoisotopic (exact) mass is 372 g/mol. The Morgan fingerprint density at radius 2 is 1.10 bits per heavy atom. The van der Waals surface area contributed by atoms with Crippen LogP contribution in [0, 0.1) is 0 Å². The molecule has 1 aromatic carbocycles. The molecular weight excluding hydrogens is 355 g/mol. The number of hydrogen-bond donors (Lipinski definition) is 0. The number of rotatable bonds is 8. The smallest absolute Gasteiger partial charge is 0.370 e. The van der Waals surface area contributed by atoms with Crippen molar-refractivity contribution in [3.8, 4) is 0 Å². The zero-order valence-electron chi connectivity index (χ0n) is 11.8. The summed E-state index contributed by atoms with van der Waals surface area (Å²) in [4.78, 5) is 0. The maximum Gasteiger partial charge on any atom is 0.537 e. The third-order valence-corrected chi connectivity index (χ3v) is 8.57. The molecule has 114 valence electrons. The molecule has 0 aromatic heterocycles. The lowest BCUT2D eigenvalue weighted by Crippen LogP contribution is -2.57. The molecule has 8 heteroatoms. The fourth-order valence-corrected chi connectivity index (χ4v) is 5.95. The van der Waals surface area contributed by atoms with Gasteiger partial charge in [0.1, 0.15) is 0 Å². The molecule has 0 atom stereocenters. The molecule has 0 amide bonds. The lowest BCUT2D eigenvalue weighted by Gasteiger charge is -2.28. The van der Waals surface area contributed by atoms with Gasteiger partial charge in [-0.3, -0.25) is 0 Å². The number of hydrogen-bond acceptors (Lipinski definition) is 3. The molecule has 0 unspecified atom stereocenters. The van der Waals surface area contributed by atoms with E-state index in [0.717, 1.165) is 10.4 Å². The SMILES string of the molecule is CCO[Si](OCC)(OCC)c1ccc([Si](Cl)(Cl)Cl)cc1. The predicted octanol–water partition coefficient (Wildman–Crippen LogP) is 2.80. The topological polar surface area (TPSA) is 27.7 Å². The van der Waals surface area contributed by atoms with E-state index in [0.29, 0.717) is 19.8 Å². The third kappa shape index (κ3) is 4.71. The summed E-state index contributed by atoms with van der Waals surface area (Å²) in [6.07, 6.45) is 0. The Hall–Kier alpha value is 0.404. The van der Waals surface area contributed by atoms with Crippen LogP contribution in [-0.4, -0.2) is 34.6 Å². The van der Waals surface area contributed by atoms with Crippen molar-refractivity contribution in [2.75, 3.05) is 19.8 Å². The van der Waals surface area contributed by atoms with Gasteiger partial charge in [0.15, 0.2) is 0 Å². The summed E-state index contributed by atoms with van der Waals surface area (Å²) in [5.41, 5.74) is 0. The minimum Gasteiger partial charge on any atom is -0.370 e. The second-order valence-electron chi connectivity index (χ2n) is 3.93. The minimum atomic E-state index is -2.87. The van der Waals surface area contributed by atoms with E-state index in [1.54, 1.807) is 0 Å². The van der Waals surface area contributed by atoms with E-state index in [9.17, 15) is 0 Å². The van der Waals surface area contributed by atoms with Crippen LogP contribution in [0.4, 0.5) is 0 Å². The van der Waals surface area contributed by atoms with Crippen molar-refractivity contribution in [2.45, 2.75) is 20.8 Å². The first-order valence-corrected chi connectivity index (χ1v) is 13.2. The molecule has 0 bridgehead atoms. The van der Waals surface area contributed by atoms with Crippen molar-refractivity contribution >= 4 is 58.4 Å². The van der Waals surface area contributed by atoms with E-state index >= 15 is 0 Å². The molecule has 3 nitrogen and oxygen atoms in total. The minimum absolute atomic E-state index is 0.521. The van der Waals surface area contributed by atoms with Crippen LogP contribution in [0.2, 0.25) is 0 Å². The molecule has 0 fully saturated rings. The van der Waals surface area contributed by atoms with Gasteiger partial charge in [-0.2, -0.15) is 0 Å². The molecule has 0 heterocycles. The van der Waals surface area contributed by atoms with Crippen LogP contribution in [-0.2, 0) is 13.3 Å². The highest BCUT2D eigenvalue weighted by molar-refractivity contribution is 7.69. The summed E-state index contributed by atoms with van der Waals surface area (Å²) >= 11 is 18.0. The first-order chi connectivity index (χ1) is 9.39. The summed E-state index contributed by atoms with van der Waals surface area (Å²) in [5.74, 6) is 0. The van der Waals surface area contributed by atoms with Crippen molar-refractivity contribution < 1.29 is 13.3 Å². The molecule has 0 aliphatic carbocycles. The van der Waals surface area contributed by atoms with Crippen LogP contribution >= 0.6 is 33.2 Å². The number of halogens is 3. The second kappa shape index (κ2) is 8.15. The zero-order chi connectivity index (χ0) is 15.2. The van der Waals surface area contributed by atoms with Crippen molar-refractivity contribution in [3.05, 3.63) is 24.3 Å². The zero-order valence-corrected chi connectivity index (χ0v) is 16.1. The maximum atomic E-state index is 6.00. The summed E-state index contributed by atoms with van der Waals surface area (Å²) in [6, 6.07) is 4.51. The summed E-state index contributed by atoms with van der Waals surface area (Å²) in [7, 11) is -2.87. The standard InChI is InChI=1S/C12H19Cl3O3Si2/c1-4-16-20(17-5-2,18-6-3)12-9-7-11(8-10-12)19(13,14)15/h7-10H,4-6H2,1-3H3. The highest BCUT2D eigenvalue weighted by Crippen LogP contribution is 2.19. The Labute approximate surface area is 136 Å². The van der Waals surface area contributed by atoms with Crippen molar-refractivity contribution in [1.29, 1.82) is 0 Å². The second-order valence-corrected chi connectivity index (χ2v) is 14.9. The lowest BCUT2D eigenvalue weighted by atomic mass is 10.4. The lowest BCUT2D eigenvalue weighted by molar-refractivity contribution is 0.0859. The van der Waals surface area contributed by atoms with Crippen LogP contribution in [0.5, 0.6) is 0 Å². The van der Waals surface area contributed by atoms with Crippen LogP contribution in [0.3, 0.4) is 0 Å². The van der Waals surface area contributed by atoms with Gasteiger partial charge >= 0.3 is 14.8 Å². The molecule has 0 saturated carbocycles. The van der Waals surface area contributed by atoms with Crippen molar-refractivity contribution in [1.82, 2.24) is 0 Å². The molecule has 0 aliphatic heterocycles. The van der Waals surface area contributed by atoms with E-state index in [-0.39, 0.29) is 0 Å². The fourth-order valence-electron chi connectivity index (χ4n) is 1.81. The van der Waals surface area contributed by atoms with E-state index in [1.807, 2.05) is 45.0 Å². The van der Waals surface area contributed by atoms with Gasteiger partial charge in [-0.1, -0.05) is 24.3 Å². The first-order valence-electron chi connectivity index (χ1n) is 6.49. The molecule has 0 N–H and O–H groups in total. The van der Waals surface area contributed by atoms with Gasteiger partial charge in [0.2, 0.25) is 0 Å². The maximum absolute atomic E-state index is 6.00. The van der Waals surface area contributed by atoms with Crippen LogP contribution in [0.15, 0.2) is 24.3 Å². The Morgan fingerprint density at radius 1 is 0.750 bits per heavy atom. The van der Waals surface area contributed by atoms with E-state index in [2.05, 4.69) is 0 Å². The van der Waals surface area contributed by atoms with Gasteiger partial charge in [-0.05, 0) is 26.0 Å². The normalized spacial score (nSPS) is 12.7. The Bertz CT molecular complexity index is 392. The van der Waals surface area contributed by atoms with Gasteiger partial charge < -0.3 is 13.3 Å². The fraction of sp³-hybridized carbons (Fsp3) is 0.500.